The van der Waals surface area contributed by atoms with Gasteiger partial charge in [0.05, 0.1) is 0 Å². The first-order valence-corrected chi connectivity index (χ1v) is 4.71. The molecule has 0 radical (unpaired) electrons. The SMILES string of the molecule is COCC(=O)CCCc1ccnn1C. The molecule has 4 heteroatoms. The van der Waals surface area contributed by atoms with Gasteiger partial charge < -0.3 is 4.74 Å². The minimum Gasteiger partial charge on any atom is -0.377 e. The molecule has 0 aliphatic rings. The fraction of sp³-hybridized carbons (Fsp3) is 0.600. The van der Waals surface area contributed by atoms with E-state index in [-0.39, 0.29) is 12.4 Å². The molecule has 78 valence electrons. The lowest BCUT2D eigenvalue weighted by Gasteiger charge is -2.01. The summed E-state index contributed by atoms with van der Waals surface area (Å²) in [6, 6.07) is 1.97. The third-order valence-corrected chi connectivity index (χ3v) is 2.12. The van der Waals surface area contributed by atoms with Crippen LogP contribution in [0.25, 0.3) is 0 Å². The van der Waals surface area contributed by atoms with Crippen LogP contribution >= 0.6 is 0 Å². The van der Waals surface area contributed by atoms with Gasteiger partial charge in [-0.05, 0) is 18.9 Å². The van der Waals surface area contributed by atoms with Gasteiger partial charge in [0.15, 0.2) is 5.78 Å². The summed E-state index contributed by atoms with van der Waals surface area (Å²) in [4.78, 5) is 11.1. The Morgan fingerprint density at radius 2 is 2.43 bits per heavy atom. The molecule has 1 aromatic heterocycles. The van der Waals surface area contributed by atoms with E-state index in [1.807, 2.05) is 17.8 Å². The first-order chi connectivity index (χ1) is 6.74. The van der Waals surface area contributed by atoms with Crippen LogP contribution in [0.5, 0.6) is 0 Å². The molecule has 1 rings (SSSR count). The Hall–Kier alpha value is -1.16. The van der Waals surface area contributed by atoms with Gasteiger partial charge in [-0.3, -0.25) is 9.48 Å². The summed E-state index contributed by atoms with van der Waals surface area (Å²) in [5.74, 6) is 0.162. The summed E-state index contributed by atoms with van der Waals surface area (Å²) in [5.41, 5.74) is 1.16. The molecule has 4 nitrogen and oxygen atoms in total. The van der Waals surface area contributed by atoms with Gasteiger partial charge >= 0.3 is 0 Å². The molecule has 0 N–H and O–H groups in total. The molecule has 0 unspecified atom stereocenters. The zero-order valence-electron chi connectivity index (χ0n) is 8.69. The molecular weight excluding hydrogens is 180 g/mol. The summed E-state index contributed by atoms with van der Waals surface area (Å²) in [6.07, 6.45) is 4.11. The van der Waals surface area contributed by atoms with Gasteiger partial charge in [0.2, 0.25) is 0 Å². The summed E-state index contributed by atoms with van der Waals surface area (Å²) in [6.45, 7) is 0.228. The average molecular weight is 196 g/mol. The van der Waals surface area contributed by atoms with Crippen molar-refractivity contribution < 1.29 is 9.53 Å². The van der Waals surface area contributed by atoms with Gasteiger partial charge in [0.1, 0.15) is 6.61 Å². The fourth-order valence-corrected chi connectivity index (χ4v) is 1.35. The molecule has 0 aromatic carbocycles. The number of ether oxygens (including phenoxy) is 1. The predicted octanol–water partition coefficient (Wildman–Crippen LogP) is 0.958. The number of Topliss-reactive ketones (excluding diaryl/α,β-unsaturated/α-hetero) is 1. The maximum absolute atomic E-state index is 11.1. The largest absolute Gasteiger partial charge is 0.377 e. The molecule has 0 saturated heterocycles. The Morgan fingerprint density at radius 1 is 1.64 bits per heavy atom. The Labute approximate surface area is 83.9 Å². The highest BCUT2D eigenvalue weighted by molar-refractivity contribution is 5.79. The molecule has 0 spiro atoms. The first-order valence-electron chi connectivity index (χ1n) is 4.71. The van der Waals surface area contributed by atoms with Gasteiger partial charge in [-0.2, -0.15) is 5.10 Å². The van der Waals surface area contributed by atoms with Crippen LogP contribution in [0.3, 0.4) is 0 Å². The van der Waals surface area contributed by atoms with E-state index in [1.54, 1.807) is 13.3 Å². The molecule has 0 atom stereocenters. The number of rotatable bonds is 6. The Kier molecular flexibility index (Phi) is 4.32. The van der Waals surface area contributed by atoms with Crippen molar-refractivity contribution in [1.82, 2.24) is 9.78 Å². The van der Waals surface area contributed by atoms with E-state index in [1.165, 1.54) is 0 Å². The minimum absolute atomic E-state index is 0.162. The highest BCUT2D eigenvalue weighted by atomic mass is 16.5. The topological polar surface area (TPSA) is 44.1 Å². The monoisotopic (exact) mass is 196 g/mol. The Morgan fingerprint density at radius 3 is 3.00 bits per heavy atom. The van der Waals surface area contributed by atoms with Crippen molar-refractivity contribution in [1.29, 1.82) is 0 Å². The molecule has 0 bridgehead atoms. The minimum atomic E-state index is 0.162. The van der Waals surface area contributed by atoms with Crippen LogP contribution in [-0.2, 0) is 23.0 Å². The van der Waals surface area contributed by atoms with Gasteiger partial charge in [0, 0.05) is 32.5 Å². The summed E-state index contributed by atoms with van der Waals surface area (Å²) in [7, 11) is 3.45. The van der Waals surface area contributed by atoms with E-state index in [0.717, 1.165) is 18.5 Å². The Bertz CT molecular complexity index is 294. The molecule has 0 aliphatic carbocycles. The smallest absolute Gasteiger partial charge is 0.158 e. The number of hydrogen-bond donors (Lipinski definition) is 0. The standard InChI is InChI=1S/C10H16N2O2/c1-12-9(6-7-11-12)4-3-5-10(13)8-14-2/h6-7H,3-5,8H2,1-2H3. The average Bonchev–Trinajstić information content (AvgIpc) is 2.52. The third kappa shape index (κ3) is 3.30. The highest BCUT2D eigenvalue weighted by Gasteiger charge is 2.02. The second-order valence-electron chi connectivity index (χ2n) is 3.27. The number of carbonyl (C=O) groups excluding carboxylic acids is 1. The number of hydrogen-bond acceptors (Lipinski definition) is 3. The zero-order chi connectivity index (χ0) is 10.4. The van der Waals surface area contributed by atoms with Crippen LogP contribution < -0.4 is 0 Å². The number of carbonyl (C=O) groups is 1. The van der Waals surface area contributed by atoms with E-state index in [9.17, 15) is 4.79 Å². The van der Waals surface area contributed by atoms with E-state index in [2.05, 4.69) is 5.10 Å². The number of methoxy groups -OCH3 is 1. The van der Waals surface area contributed by atoms with Gasteiger partial charge in [-0.25, -0.2) is 0 Å². The summed E-state index contributed by atoms with van der Waals surface area (Å²) >= 11 is 0. The predicted molar refractivity (Wildman–Crippen MR) is 53.0 cm³/mol. The van der Waals surface area contributed by atoms with Crippen LogP contribution in [0.2, 0.25) is 0 Å². The third-order valence-electron chi connectivity index (χ3n) is 2.12. The van der Waals surface area contributed by atoms with E-state index in [0.29, 0.717) is 6.42 Å². The van der Waals surface area contributed by atoms with Crippen molar-refractivity contribution in [3.63, 3.8) is 0 Å². The molecular formula is C10H16N2O2. The molecule has 14 heavy (non-hydrogen) atoms. The Balaban J connectivity index is 2.22. The van der Waals surface area contributed by atoms with Crippen molar-refractivity contribution in [2.24, 2.45) is 7.05 Å². The number of nitrogens with zero attached hydrogens (tertiary/aromatic N) is 2. The van der Waals surface area contributed by atoms with Crippen LogP contribution in [0.15, 0.2) is 12.3 Å². The lowest BCUT2D eigenvalue weighted by atomic mass is 10.1. The fourth-order valence-electron chi connectivity index (χ4n) is 1.35. The molecule has 0 fully saturated rings. The van der Waals surface area contributed by atoms with E-state index in [4.69, 9.17) is 4.74 Å². The van der Waals surface area contributed by atoms with Gasteiger partial charge in [-0.15, -0.1) is 0 Å². The van der Waals surface area contributed by atoms with Gasteiger partial charge in [-0.1, -0.05) is 0 Å². The summed E-state index contributed by atoms with van der Waals surface area (Å²) in [5, 5.41) is 4.06. The van der Waals surface area contributed by atoms with Crippen molar-refractivity contribution >= 4 is 5.78 Å². The quantitative estimate of drug-likeness (QED) is 0.680. The van der Waals surface area contributed by atoms with Crippen LogP contribution in [0.4, 0.5) is 0 Å². The van der Waals surface area contributed by atoms with E-state index >= 15 is 0 Å². The lowest BCUT2D eigenvalue weighted by Crippen LogP contribution is -2.07. The van der Waals surface area contributed by atoms with Crippen LogP contribution in [0.1, 0.15) is 18.5 Å². The summed E-state index contributed by atoms with van der Waals surface area (Å²) < 4.78 is 6.58. The van der Waals surface area contributed by atoms with Crippen molar-refractivity contribution in [2.75, 3.05) is 13.7 Å². The molecule has 0 saturated carbocycles. The maximum Gasteiger partial charge on any atom is 0.158 e. The number of aromatic nitrogens is 2. The van der Waals surface area contributed by atoms with Crippen molar-refractivity contribution in [3.8, 4) is 0 Å². The van der Waals surface area contributed by atoms with Gasteiger partial charge in [0.25, 0.3) is 0 Å². The van der Waals surface area contributed by atoms with Crippen LogP contribution in [0, 0.1) is 0 Å². The number of aryl methyl sites for hydroxylation is 2. The van der Waals surface area contributed by atoms with Crippen LogP contribution in [-0.4, -0.2) is 29.3 Å². The molecule has 0 aliphatic heterocycles. The maximum atomic E-state index is 11.1. The van der Waals surface area contributed by atoms with Crippen molar-refractivity contribution in [2.45, 2.75) is 19.3 Å². The van der Waals surface area contributed by atoms with Crippen molar-refractivity contribution in [3.05, 3.63) is 18.0 Å². The first kappa shape index (κ1) is 10.9. The lowest BCUT2D eigenvalue weighted by molar-refractivity contribution is -0.122. The second-order valence-corrected chi connectivity index (χ2v) is 3.27. The molecule has 1 heterocycles. The van der Waals surface area contributed by atoms with E-state index < -0.39 is 0 Å². The normalized spacial score (nSPS) is 10.4. The zero-order valence-corrected chi connectivity index (χ0v) is 8.69. The second kappa shape index (κ2) is 5.54. The molecule has 0 amide bonds. The molecule has 1 aromatic rings. The highest BCUT2D eigenvalue weighted by Crippen LogP contribution is 2.03. The number of ketones is 1.